The maximum absolute atomic E-state index is 13.5. The van der Waals surface area contributed by atoms with Gasteiger partial charge in [0, 0.05) is 16.6 Å². The van der Waals surface area contributed by atoms with E-state index in [1.54, 1.807) is 19.2 Å². The van der Waals surface area contributed by atoms with Crippen molar-refractivity contribution in [2.24, 2.45) is 0 Å². The van der Waals surface area contributed by atoms with Crippen molar-refractivity contribution in [3.05, 3.63) is 65.6 Å². The molecule has 11 heteroatoms. The Bertz CT molecular complexity index is 1290. The van der Waals surface area contributed by atoms with Gasteiger partial charge in [-0.25, -0.2) is 9.37 Å². The predicted octanol–water partition coefficient (Wildman–Crippen LogP) is 4.89. The molecule has 0 radical (unpaired) electrons. The van der Waals surface area contributed by atoms with Crippen LogP contribution < -0.4 is 10.1 Å². The fourth-order valence-corrected chi connectivity index (χ4v) is 4.71. The van der Waals surface area contributed by atoms with Gasteiger partial charge in [0.25, 0.3) is 0 Å². The lowest BCUT2D eigenvalue weighted by atomic mass is 10.2. The highest BCUT2D eigenvalue weighted by Crippen LogP contribution is 2.29. The molecule has 0 aliphatic heterocycles. The Morgan fingerprint density at radius 3 is 2.54 bits per heavy atom. The van der Waals surface area contributed by atoms with Crippen molar-refractivity contribution < 1.29 is 13.9 Å². The second-order valence-electron chi connectivity index (χ2n) is 7.90. The molecule has 0 unspecified atom stereocenters. The Morgan fingerprint density at radius 1 is 1.17 bits per heavy atom. The SMILES string of the molecule is COc1ccc(-c2csc(NC(=O)CSc3nnc([C@@H](C)N(C)C)n3-c3ccc(F)cc3)n2)cc1. The lowest BCUT2D eigenvalue weighted by Gasteiger charge is -2.20. The van der Waals surface area contributed by atoms with E-state index in [0.717, 1.165) is 22.7 Å². The van der Waals surface area contributed by atoms with E-state index in [2.05, 4.69) is 20.5 Å². The van der Waals surface area contributed by atoms with Gasteiger partial charge in [-0.05, 0) is 69.6 Å². The fourth-order valence-electron chi connectivity index (χ4n) is 3.22. The van der Waals surface area contributed by atoms with Gasteiger partial charge in [-0.3, -0.25) is 14.3 Å². The number of hydrogen-bond donors (Lipinski definition) is 1. The molecular formula is C24H25FN6O2S2. The Morgan fingerprint density at radius 2 is 1.89 bits per heavy atom. The third-order valence-electron chi connectivity index (χ3n) is 5.36. The summed E-state index contributed by atoms with van der Waals surface area (Å²) in [6.07, 6.45) is 0. The van der Waals surface area contributed by atoms with Crippen LogP contribution in [0.15, 0.2) is 59.1 Å². The molecule has 0 fully saturated rings. The third-order valence-corrected chi connectivity index (χ3v) is 7.05. The van der Waals surface area contributed by atoms with Gasteiger partial charge >= 0.3 is 0 Å². The molecule has 4 aromatic rings. The van der Waals surface area contributed by atoms with Crippen LogP contribution in [-0.4, -0.2) is 57.5 Å². The van der Waals surface area contributed by atoms with Crippen molar-refractivity contribution in [2.75, 3.05) is 32.3 Å². The minimum absolute atomic E-state index is 0.0394. The topological polar surface area (TPSA) is 85.2 Å². The van der Waals surface area contributed by atoms with E-state index < -0.39 is 0 Å². The molecule has 0 aliphatic rings. The summed E-state index contributed by atoms with van der Waals surface area (Å²) in [5.74, 6) is 1.06. The van der Waals surface area contributed by atoms with Crippen molar-refractivity contribution in [3.8, 4) is 22.7 Å². The van der Waals surface area contributed by atoms with Crippen LogP contribution in [0.5, 0.6) is 5.75 Å². The van der Waals surface area contributed by atoms with Crippen molar-refractivity contribution in [2.45, 2.75) is 18.1 Å². The molecule has 0 aliphatic carbocycles. The number of benzene rings is 2. The zero-order valence-electron chi connectivity index (χ0n) is 19.7. The number of halogens is 1. The first-order valence-electron chi connectivity index (χ1n) is 10.8. The van der Waals surface area contributed by atoms with Crippen LogP contribution in [0.25, 0.3) is 16.9 Å². The fraction of sp³-hybridized carbons (Fsp3) is 0.250. The summed E-state index contributed by atoms with van der Waals surface area (Å²) in [5, 5.41) is 14.5. The Labute approximate surface area is 211 Å². The van der Waals surface area contributed by atoms with Crippen LogP contribution in [0.3, 0.4) is 0 Å². The molecule has 0 saturated heterocycles. The van der Waals surface area contributed by atoms with Gasteiger partial charge in [0.15, 0.2) is 16.1 Å². The first kappa shape index (κ1) is 24.8. The number of carbonyl (C=O) groups is 1. The average Bonchev–Trinajstić information content (AvgIpc) is 3.50. The zero-order valence-corrected chi connectivity index (χ0v) is 21.4. The van der Waals surface area contributed by atoms with Gasteiger partial charge in [-0.15, -0.1) is 21.5 Å². The Balaban J connectivity index is 1.46. The number of aromatic nitrogens is 4. The van der Waals surface area contributed by atoms with Crippen LogP contribution in [0.1, 0.15) is 18.8 Å². The normalized spacial score (nSPS) is 12.1. The van der Waals surface area contributed by atoms with Crippen LogP contribution in [-0.2, 0) is 4.79 Å². The van der Waals surface area contributed by atoms with Gasteiger partial charge in [0.2, 0.25) is 5.91 Å². The average molecular weight is 513 g/mol. The number of anilines is 1. The molecule has 0 bridgehead atoms. The van der Waals surface area contributed by atoms with Crippen molar-refractivity contribution in [3.63, 3.8) is 0 Å². The van der Waals surface area contributed by atoms with Crippen LogP contribution in [0, 0.1) is 5.82 Å². The summed E-state index contributed by atoms with van der Waals surface area (Å²) in [5.41, 5.74) is 2.44. The number of nitrogens with zero attached hydrogens (tertiary/aromatic N) is 5. The minimum Gasteiger partial charge on any atom is -0.497 e. The van der Waals surface area contributed by atoms with E-state index >= 15 is 0 Å². The van der Waals surface area contributed by atoms with E-state index in [9.17, 15) is 9.18 Å². The highest BCUT2D eigenvalue weighted by atomic mass is 32.2. The zero-order chi connectivity index (χ0) is 24.9. The van der Waals surface area contributed by atoms with Gasteiger partial charge in [0.1, 0.15) is 11.6 Å². The molecule has 2 aromatic carbocycles. The summed E-state index contributed by atoms with van der Waals surface area (Å²) >= 11 is 2.62. The van der Waals surface area contributed by atoms with Crippen molar-refractivity contribution in [1.82, 2.24) is 24.6 Å². The standard InChI is InChI=1S/C24H25FN6O2S2/c1-15(30(2)3)22-28-29-24(31(22)18-9-7-17(25)8-10-18)35-14-21(32)27-23-26-20(13-34-23)16-5-11-19(33-4)12-6-16/h5-13,15H,14H2,1-4H3,(H,26,27,32)/t15-/m1/s1. The molecule has 1 N–H and O–H groups in total. The molecule has 182 valence electrons. The van der Waals surface area contributed by atoms with E-state index in [-0.39, 0.29) is 23.5 Å². The van der Waals surface area contributed by atoms with Crippen molar-refractivity contribution in [1.29, 1.82) is 0 Å². The molecule has 2 heterocycles. The van der Waals surface area contributed by atoms with Crippen molar-refractivity contribution >= 4 is 34.1 Å². The van der Waals surface area contributed by atoms with Gasteiger partial charge < -0.3 is 10.1 Å². The summed E-state index contributed by atoms with van der Waals surface area (Å²) in [7, 11) is 5.51. The highest BCUT2D eigenvalue weighted by Gasteiger charge is 2.22. The quantitative estimate of drug-likeness (QED) is 0.320. The Hall–Kier alpha value is -3.28. The number of amides is 1. The van der Waals surface area contributed by atoms with Crippen LogP contribution in [0.2, 0.25) is 0 Å². The van der Waals surface area contributed by atoms with E-state index in [0.29, 0.717) is 16.1 Å². The second kappa shape index (κ2) is 11.0. The number of nitrogens with one attached hydrogen (secondary N) is 1. The number of methoxy groups -OCH3 is 1. The molecular weight excluding hydrogens is 487 g/mol. The van der Waals surface area contributed by atoms with E-state index in [1.165, 1.54) is 35.2 Å². The summed E-state index contributed by atoms with van der Waals surface area (Å²) in [6.45, 7) is 2.01. The molecule has 0 spiro atoms. The monoisotopic (exact) mass is 512 g/mol. The van der Waals surface area contributed by atoms with E-state index in [4.69, 9.17) is 4.74 Å². The molecule has 0 saturated carbocycles. The van der Waals surface area contributed by atoms with Gasteiger partial charge in [0.05, 0.1) is 24.6 Å². The molecule has 1 atom stereocenters. The maximum atomic E-state index is 13.5. The lowest BCUT2D eigenvalue weighted by Crippen LogP contribution is -2.21. The third kappa shape index (κ3) is 5.87. The lowest BCUT2D eigenvalue weighted by molar-refractivity contribution is -0.113. The molecule has 35 heavy (non-hydrogen) atoms. The number of thioether (sulfide) groups is 1. The number of hydrogen-bond acceptors (Lipinski definition) is 8. The largest absolute Gasteiger partial charge is 0.497 e. The van der Waals surface area contributed by atoms with Gasteiger partial charge in [-0.2, -0.15) is 0 Å². The minimum atomic E-state index is -0.324. The van der Waals surface area contributed by atoms with Gasteiger partial charge in [-0.1, -0.05) is 11.8 Å². The first-order chi connectivity index (χ1) is 16.9. The summed E-state index contributed by atoms with van der Waals surface area (Å²) in [6, 6.07) is 13.7. The number of ether oxygens (including phenoxy) is 1. The summed E-state index contributed by atoms with van der Waals surface area (Å²) in [4.78, 5) is 19.2. The summed E-state index contributed by atoms with van der Waals surface area (Å²) < 4.78 is 20.5. The molecule has 2 aromatic heterocycles. The molecule has 1 amide bonds. The first-order valence-corrected chi connectivity index (χ1v) is 12.6. The predicted molar refractivity (Wildman–Crippen MR) is 137 cm³/mol. The number of thiazole rings is 1. The molecule has 4 rings (SSSR count). The number of rotatable bonds is 9. The number of carbonyl (C=O) groups excluding carboxylic acids is 1. The highest BCUT2D eigenvalue weighted by molar-refractivity contribution is 7.99. The maximum Gasteiger partial charge on any atom is 0.236 e. The van der Waals surface area contributed by atoms with E-state index in [1.807, 2.05) is 60.1 Å². The Kier molecular flexibility index (Phi) is 7.79. The van der Waals surface area contributed by atoms with Crippen LogP contribution in [0.4, 0.5) is 9.52 Å². The smallest absolute Gasteiger partial charge is 0.236 e. The molecule has 8 nitrogen and oxygen atoms in total. The second-order valence-corrected chi connectivity index (χ2v) is 9.70. The van der Waals surface area contributed by atoms with Crippen LogP contribution >= 0.6 is 23.1 Å².